The van der Waals surface area contributed by atoms with E-state index >= 15 is 0 Å². The van der Waals surface area contributed by atoms with Crippen molar-refractivity contribution in [2.75, 3.05) is 13.1 Å². The Morgan fingerprint density at radius 2 is 2.09 bits per heavy atom. The molecular weight excluding hydrogens is 306 g/mol. The van der Waals surface area contributed by atoms with Gasteiger partial charge >= 0.3 is 0 Å². The van der Waals surface area contributed by atoms with Crippen molar-refractivity contribution < 1.29 is 18.0 Å². The Balaban J connectivity index is 2.27. The largest absolute Gasteiger partial charge is 0.352 e. The van der Waals surface area contributed by atoms with Gasteiger partial charge in [-0.25, -0.2) is 12.7 Å². The van der Waals surface area contributed by atoms with Crippen molar-refractivity contribution in [3.63, 3.8) is 0 Å². The van der Waals surface area contributed by atoms with Crippen LogP contribution in [0.5, 0.6) is 0 Å². The Bertz CT molecular complexity index is 713. The molecule has 0 aromatic heterocycles. The maximum absolute atomic E-state index is 12.3. The molecule has 1 unspecified atom stereocenters. The maximum Gasteiger partial charge on any atom is 0.268 e. The summed E-state index contributed by atoms with van der Waals surface area (Å²) in [7, 11) is -3.85. The average Bonchev–Trinajstić information content (AvgIpc) is 2.64. The number of benzene rings is 1. The summed E-state index contributed by atoms with van der Waals surface area (Å²) in [5.74, 6) is -0.942. The lowest BCUT2D eigenvalue weighted by Crippen LogP contribution is -2.29. The van der Waals surface area contributed by atoms with Crippen LogP contribution in [0.15, 0.2) is 23.1 Å². The smallest absolute Gasteiger partial charge is 0.268 e. The van der Waals surface area contributed by atoms with Crippen LogP contribution in [0.4, 0.5) is 0 Å². The minimum absolute atomic E-state index is 0.0311. The maximum atomic E-state index is 12.3. The monoisotopic (exact) mass is 325 g/mol. The van der Waals surface area contributed by atoms with Gasteiger partial charge in [0.05, 0.1) is 5.56 Å². The number of nitrogens with two attached hydrogens (primary N) is 1. The molecule has 0 saturated carbocycles. The fraction of sp³-hybridized carbons (Fsp3) is 0.429. The molecule has 8 heteroatoms. The summed E-state index contributed by atoms with van der Waals surface area (Å²) < 4.78 is 25.3. The first kappa shape index (κ1) is 16.4. The standard InChI is InChI=1S/C14H19N3O4S/c1-3-17-14(19)11-5-4-10(8-12(11)22(17,20)21)13(18)16-7-6-9(2)15/h4-5,8-9H,3,6-7,15H2,1-2H3,(H,16,18). The molecule has 1 aromatic rings. The van der Waals surface area contributed by atoms with E-state index in [1.807, 2.05) is 6.92 Å². The Kier molecular flexibility index (Phi) is 4.52. The normalized spacial score (nSPS) is 17.2. The van der Waals surface area contributed by atoms with E-state index in [-0.39, 0.29) is 34.5 Å². The van der Waals surface area contributed by atoms with Crippen molar-refractivity contribution in [2.24, 2.45) is 5.73 Å². The molecule has 0 fully saturated rings. The van der Waals surface area contributed by atoms with Gasteiger partial charge in [0.25, 0.3) is 21.8 Å². The van der Waals surface area contributed by atoms with Crippen molar-refractivity contribution in [2.45, 2.75) is 31.2 Å². The third-order valence-electron chi connectivity index (χ3n) is 3.44. The van der Waals surface area contributed by atoms with Gasteiger partial charge in [-0.1, -0.05) is 0 Å². The van der Waals surface area contributed by atoms with E-state index in [0.29, 0.717) is 13.0 Å². The summed E-state index contributed by atoms with van der Waals surface area (Å²) in [6, 6.07) is 4.05. The van der Waals surface area contributed by atoms with E-state index in [1.54, 1.807) is 6.92 Å². The second-order valence-corrected chi connectivity index (χ2v) is 7.04. The molecular formula is C14H19N3O4S. The van der Waals surface area contributed by atoms with Gasteiger partial charge < -0.3 is 11.1 Å². The summed E-state index contributed by atoms with van der Waals surface area (Å²) in [5.41, 5.74) is 5.91. The summed E-state index contributed by atoms with van der Waals surface area (Å²) >= 11 is 0. The molecule has 2 rings (SSSR count). The number of carbonyl (C=O) groups excluding carboxylic acids is 2. The molecule has 0 spiro atoms. The highest BCUT2D eigenvalue weighted by Crippen LogP contribution is 2.30. The molecule has 1 heterocycles. The summed E-state index contributed by atoms with van der Waals surface area (Å²) in [5, 5.41) is 2.67. The predicted molar refractivity (Wildman–Crippen MR) is 80.9 cm³/mol. The van der Waals surface area contributed by atoms with E-state index in [1.165, 1.54) is 18.2 Å². The highest BCUT2D eigenvalue weighted by Gasteiger charge is 2.40. The number of hydrogen-bond acceptors (Lipinski definition) is 5. The van der Waals surface area contributed by atoms with Gasteiger partial charge in [0.2, 0.25) is 0 Å². The minimum Gasteiger partial charge on any atom is -0.352 e. The number of hydrogen-bond donors (Lipinski definition) is 2. The predicted octanol–water partition coefficient (Wildman–Crippen LogP) is 0.318. The Morgan fingerprint density at radius 1 is 1.41 bits per heavy atom. The molecule has 1 aliphatic rings. The quantitative estimate of drug-likeness (QED) is 0.810. The zero-order valence-electron chi connectivity index (χ0n) is 12.5. The fourth-order valence-electron chi connectivity index (χ4n) is 2.24. The number of rotatable bonds is 5. The second-order valence-electron chi connectivity index (χ2n) is 5.21. The third-order valence-corrected chi connectivity index (χ3v) is 5.34. The minimum atomic E-state index is -3.85. The zero-order valence-corrected chi connectivity index (χ0v) is 13.3. The average molecular weight is 325 g/mol. The number of fused-ring (bicyclic) bond motifs is 1. The molecule has 120 valence electrons. The van der Waals surface area contributed by atoms with E-state index < -0.39 is 15.9 Å². The van der Waals surface area contributed by atoms with Gasteiger partial charge in [-0.2, -0.15) is 0 Å². The number of nitrogens with zero attached hydrogens (tertiary/aromatic N) is 1. The molecule has 7 nitrogen and oxygen atoms in total. The number of carbonyl (C=O) groups is 2. The van der Waals surface area contributed by atoms with Crippen LogP contribution in [0.2, 0.25) is 0 Å². The van der Waals surface area contributed by atoms with Crippen LogP contribution in [0.25, 0.3) is 0 Å². The first-order valence-electron chi connectivity index (χ1n) is 7.04. The second kappa shape index (κ2) is 6.05. The lowest BCUT2D eigenvalue weighted by atomic mass is 10.1. The highest BCUT2D eigenvalue weighted by atomic mass is 32.2. The first-order chi connectivity index (χ1) is 10.3. The van der Waals surface area contributed by atoms with E-state index in [2.05, 4.69) is 5.32 Å². The lowest BCUT2D eigenvalue weighted by Gasteiger charge is -2.11. The molecule has 0 saturated heterocycles. The van der Waals surface area contributed by atoms with Gasteiger partial charge in [-0.3, -0.25) is 9.59 Å². The first-order valence-corrected chi connectivity index (χ1v) is 8.48. The van der Waals surface area contributed by atoms with Gasteiger partial charge in [0, 0.05) is 24.7 Å². The zero-order chi connectivity index (χ0) is 16.5. The van der Waals surface area contributed by atoms with Crippen LogP contribution in [-0.4, -0.2) is 43.7 Å². The summed E-state index contributed by atoms with van der Waals surface area (Å²) in [6.07, 6.45) is 0.622. The topological polar surface area (TPSA) is 110 Å². The Morgan fingerprint density at radius 3 is 2.68 bits per heavy atom. The molecule has 1 atom stereocenters. The van der Waals surface area contributed by atoms with E-state index in [4.69, 9.17) is 5.73 Å². The van der Waals surface area contributed by atoms with E-state index in [0.717, 1.165) is 4.31 Å². The van der Waals surface area contributed by atoms with Gasteiger partial charge in [-0.05, 0) is 38.5 Å². The Hall–Kier alpha value is -1.93. The molecule has 0 radical (unpaired) electrons. The fourth-order valence-corrected chi connectivity index (χ4v) is 3.85. The van der Waals surface area contributed by atoms with Crippen molar-refractivity contribution in [3.05, 3.63) is 29.3 Å². The molecule has 0 aliphatic carbocycles. The highest BCUT2D eigenvalue weighted by molar-refractivity contribution is 7.90. The molecule has 22 heavy (non-hydrogen) atoms. The summed E-state index contributed by atoms with van der Waals surface area (Å²) in [6.45, 7) is 3.88. The molecule has 1 aliphatic heterocycles. The molecule has 2 amide bonds. The number of amides is 2. The van der Waals surface area contributed by atoms with Crippen LogP contribution >= 0.6 is 0 Å². The van der Waals surface area contributed by atoms with Crippen LogP contribution in [-0.2, 0) is 10.0 Å². The van der Waals surface area contributed by atoms with Crippen molar-refractivity contribution >= 4 is 21.8 Å². The van der Waals surface area contributed by atoms with Gasteiger partial charge in [-0.15, -0.1) is 0 Å². The molecule has 1 aromatic carbocycles. The SMILES string of the molecule is CCN1C(=O)c2ccc(C(=O)NCCC(C)N)cc2S1(=O)=O. The summed E-state index contributed by atoms with van der Waals surface area (Å²) in [4.78, 5) is 23.9. The van der Waals surface area contributed by atoms with Crippen molar-refractivity contribution in [1.82, 2.24) is 9.62 Å². The molecule has 3 N–H and O–H groups in total. The van der Waals surface area contributed by atoms with Gasteiger partial charge in [0.1, 0.15) is 4.90 Å². The number of sulfonamides is 1. The van der Waals surface area contributed by atoms with E-state index in [9.17, 15) is 18.0 Å². The van der Waals surface area contributed by atoms with Gasteiger partial charge in [0.15, 0.2) is 0 Å². The van der Waals surface area contributed by atoms with Crippen molar-refractivity contribution in [3.8, 4) is 0 Å². The van der Waals surface area contributed by atoms with Crippen molar-refractivity contribution in [1.29, 1.82) is 0 Å². The van der Waals surface area contributed by atoms with Crippen LogP contribution in [0.3, 0.4) is 0 Å². The number of nitrogens with one attached hydrogen (secondary N) is 1. The van der Waals surface area contributed by atoms with Crippen LogP contribution in [0, 0.1) is 0 Å². The lowest BCUT2D eigenvalue weighted by molar-refractivity contribution is 0.0874. The van der Waals surface area contributed by atoms with Crippen LogP contribution in [0.1, 0.15) is 41.0 Å². The van der Waals surface area contributed by atoms with Crippen LogP contribution < -0.4 is 11.1 Å². The Labute approximate surface area is 129 Å². The third kappa shape index (κ3) is 2.84. The molecule has 0 bridgehead atoms.